The summed E-state index contributed by atoms with van der Waals surface area (Å²) < 4.78 is 5.30. The van der Waals surface area contributed by atoms with E-state index < -0.39 is 0 Å². The number of hydrogen-bond donors (Lipinski definition) is 1. The van der Waals surface area contributed by atoms with E-state index >= 15 is 0 Å². The first-order chi connectivity index (χ1) is 9.70. The molecule has 2 aromatic rings. The van der Waals surface area contributed by atoms with Crippen molar-refractivity contribution in [2.75, 3.05) is 0 Å². The van der Waals surface area contributed by atoms with E-state index in [9.17, 15) is 5.11 Å². The predicted octanol–water partition coefficient (Wildman–Crippen LogP) is 2.52. The third-order valence-corrected chi connectivity index (χ3v) is 4.64. The van der Waals surface area contributed by atoms with Crippen LogP contribution in [0.2, 0.25) is 0 Å². The second-order valence-electron chi connectivity index (χ2n) is 5.45. The first kappa shape index (κ1) is 13.7. The Hall–Kier alpha value is -1.27. The molecule has 2 atom stereocenters. The van der Waals surface area contributed by atoms with E-state index in [0.717, 1.165) is 30.0 Å². The molecular formula is C14H19N3O2S. The van der Waals surface area contributed by atoms with Gasteiger partial charge in [-0.1, -0.05) is 18.0 Å². The maximum absolute atomic E-state index is 9.98. The van der Waals surface area contributed by atoms with Crippen LogP contribution in [0.25, 0.3) is 0 Å². The lowest BCUT2D eigenvalue weighted by atomic mass is 9.84. The summed E-state index contributed by atoms with van der Waals surface area (Å²) in [5.41, 5.74) is 0.984. The van der Waals surface area contributed by atoms with Gasteiger partial charge < -0.3 is 9.63 Å². The Balaban J connectivity index is 1.61. The van der Waals surface area contributed by atoms with Crippen molar-refractivity contribution >= 4 is 11.3 Å². The van der Waals surface area contributed by atoms with Gasteiger partial charge in [0.2, 0.25) is 5.89 Å². The van der Waals surface area contributed by atoms with Gasteiger partial charge >= 0.3 is 0 Å². The third kappa shape index (κ3) is 3.24. The largest absolute Gasteiger partial charge is 0.393 e. The predicted molar refractivity (Wildman–Crippen MR) is 75.6 cm³/mol. The fourth-order valence-electron chi connectivity index (χ4n) is 2.75. The lowest BCUT2D eigenvalue weighted by Gasteiger charge is -2.26. The number of hydrogen-bond acceptors (Lipinski definition) is 6. The smallest absolute Gasteiger partial charge is 0.227 e. The minimum Gasteiger partial charge on any atom is -0.393 e. The average molecular weight is 293 g/mol. The fourth-order valence-corrected chi connectivity index (χ4v) is 3.36. The number of aromatic nitrogens is 3. The molecule has 1 saturated carbocycles. The van der Waals surface area contributed by atoms with Gasteiger partial charge in [0.05, 0.1) is 23.2 Å². The second kappa shape index (κ2) is 6.01. The number of aryl methyl sites for hydroxylation is 1. The molecule has 1 fully saturated rings. The third-order valence-electron chi connectivity index (χ3n) is 3.82. The Kier molecular flexibility index (Phi) is 4.12. The van der Waals surface area contributed by atoms with Gasteiger partial charge in [-0.25, -0.2) is 4.98 Å². The topological polar surface area (TPSA) is 72.0 Å². The van der Waals surface area contributed by atoms with Crippen LogP contribution < -0.4 is 0 Å². The van der Waals surface area contributed by atoms with Crippen molar-refractivity contribution in [3.05, 3.63) is 27.8 Å². The summed E-state index contributed by atoms with van der Waals surface area (Å²) in [4.78, 5) is 8.82. The van der Waals surface area contributed by atoms with Crippen LogP contribution in [0.1, 0.15) is 48.1 Å². The average Bonchev–Trinajstić information content (AvgIpc) is 3.02. The lowest BCUT2D eigenvalue weighted by Crippen LogP contribution is -2.26. The van der Waals surface area contributed by atoms with E-state index in [0.29, 0.717) is 24.6 Å². The van der Waals surface area contributed by atoms with Crippen LogP contribution in [0.5, 0.6) is 0 Å². The van der Waals surface area contributed by atoms with Crippen LogP contribution >= 0.6 is 11.3 Å². The molecular weight excluding hydrogens is 274 g/mol. The van der Waals surface area contributed by atoms with Crippen LogP contribution in [-0.4, -0.2) is 26.3 Å². The Morgan fingerprint density at radius 1 is 1.35 bits per heavy atom. The Labute approximate surface area is 122 Å². The molecule has 0 saturated heterocycles. The molecule has 2 unspecified atom stereocenters. The molecule has 1 aliphatic rings. The van der Waals surface area contributed by atoms with Crippen LogP contribution in [0, 0.1) is 12.8 Å². The van der Waals surface area contributed by atoms with Crippen LogP contribution in [0.15, 0.2) is 9.90 Å². The Morgan fingerprint density at radius 2 is 2.20 bits per heavy atom. The van der Waals surface area contributed by atoms with E-state index in [1.54, 1.807) is 11.3 Å². The van der Waals surface area contributed by atoms with Gasteiger partial charge in [0, 0.05) is 11.8 Å². The highest BCUT2D eigenvalue weighted by Crippen LogP contribution is 2.27. The number of aliphatic hydroxyl groups is 1. The van der Waals surface area contributed by atoms with Gasteiger partial charge in [-0.15, -0.1) is 11.3 Å². The Bertz CT molecular complexity index is 566. The highest BCUT2D eigenvalue weighted by molar-refractivity contribution is 7.09. The van der Waals surface area contributed by atoms with E-state index in [1.165, 1.54) is 6.42 Å². The first-order valence-electron chi connectivity index (χ1n) is 7.11. The molecule has 1 N–H and O–H groups in total. The van der Waals surface area contributed by atoms with Gasteiger partial charge in [-0.05, 0) is 25.7 Å². The summed E-state index contributed by atoms with van der Waals surface area (Å²) in [5, 5.41) is 17.1. The maximum atomic E-state index is 9.98. The van der Waals surface area contributed by atoms with Crippen molar-refractivity contribution in [2.24, 2.45) is 5.92 Å². The van der Waals surface area contributed by atoms with Crippen LogP contribution in [0.4, 0.5) is 0 Å². The Morgan fingerprint density at radius 3 is 2.95 bits per heavy atom. The molecule has 0 aromatic carbocycles. The van der Waals surface area contributed by atoms with Gasteiger partial charge in [-0.2, -0.15) is 4.98 Å². The second-order valence-corrected chi connectivity index (χ2v) is 6.52. The van der Waals surface area contributed by atoms with Crippen LogP contribution in [0.3, 0.4) is 0 Å². The molecule has 20 heavy (non-hydrogen) atoms. The molecule has 0 radical (unpaired) electrons. The molecule has 3 rings (SSSR count). The van der Waals surface area contributed by atoms with Gasteiger partial charge in [0.25, 0.3) is 0 Å². The van der Waals surface area contributed by atoms with Crippen molar-refractivity contribution in [2.45, 2.75) is 51.6 Å². The summed E-state index contributed by atoms with van der Waals surface area (Å²) in [6, 6.07) is 0. The van der Waals surface area contributed by atoms with Crippen molar-refractivity contribution in [1.82, 2.24) is 15.1 Å². The molecule has 0 aliphatic heterocycles. The first-order valence-corrected chi connectivity index (χ1v) is 7.99. The lowest BCUT2D eigenvalue weighted by molar-refractivity contribution is 0.0657. The zero-order valence-corrected chi connectivity index (χ0v) is 12.4. The molecule has 2 aromatic heterocycles. The number of aliphatic hydroxyl groups excluding tert-OH is 1. The number of nitrogens with zero attached hydrogens (tertiary/aromatic N) is 3. The zero-order valence-electron chi connectivity index (χ0n) is 11.6. The summed E-state index contributed by atoms with van der Waals surface area (Å²) in [7, 11) is 0. The zero-order chi connectivity index (χ0) is 13.9. The summed E-state index contributed by atoms with van der Waals surface area (Å²) in [6.07, 6.45) is 5.32. The van der Waals surface area contributed by atoms with Crippen molar-refractivity contribution in [3.63, 3.8) is 0 Å². The SMILES string of the molecule is Cc1nc(Cc2noc(CC3CCCCC3O)n2)cs1. The molecule has 6 heteroatoms. The maximum Gasteiger partial charge on any atom is 0.227 e. The minimum absolute atomic E-state index is 0.222. The normalized spacial score (nSPS) is 23.1. The highest BCUT2D eigenvalue weighted by Gasteiger charge is 2.25. The molecule has 1 aliphatic carbocycles. The summed E-state index contributed by atoms with van der Waals surface area (Å²) >= 11 is 1.63. The van der Waals surface area contributed by atoms with Crippen molar-refractivity contribution in [1.29, 1.82) is 0 Å². The van der Waals surface area contributed by atoms with E-state index in [1.807, 2.05) is 12.3 Å². The fraction of sp³-hybridized carbons (Fsp3) is 0.643. The molecule has 0 bridgehead atoms. The minimum atomic E-state index is -0.222. The summed E-state index contributed by atoms with van der Waals surface area (Å²) in [6.45, 7) is 1.99. The molecule has 0 spiro atoms. The van der Waals surface area contributed by atoms with E-state index in [4.69, 9.17) is 4.52 Å². The van der Waals surface area contributed by atoms with Gasteiger partial charge in [0.1, 0.15) is 0 Å². The number of rotatable bonds is 4. The molecule has 5 nitrogen and oxygen atoms in total. The van der Waals surface area contributed by atoms with E-state index in [2.05, 4.69) is 15.1 Å². The van der Waals surface area contributed by atoms with Crippen molar-refractivity contribution in [3.8, 4) is 0 Å². The van der Waals surface area contributed by atoms with Gasteiger partial charge in [-0.3, -0.25) is 0 Å². The standard InChI is InChI=1S/C14H19N3O2S/c1-9-15-11(8-20-9)7-13-16-14(19-17-13)6-10-4-2-3-5-12(10)18/h8,10,12,18H,2-7H2,1H3. The molecule has 2 heterocycles. The summed E-state index contributed by atoms with van der Waals surface area (Å²) in [5.74, 6) is 1.58. The quantitative estimate of drug-likeness (QED) is 0.937. The highest BCUT2D eigenvalue weighted by atomic mass is 32.1. The van der Waals surface area contributed by atoms with Crippen LogP contribution in [-0.2, 0) is 12.8 Å². The van der Waals surface area contributed by atoms with Crippen molar-refractivity contribution < 1.29 is 9.63 Å². The number of thiazole rings is 1. The molecule has 0 amide bonds. The molecule has 108 valence electrons. The van der Waals surface area contributed by atoms with E-state index in [-0.39, 0.29) is 12.0 Å². The van der Waals surface area contributed by atoms with Gasteiger partial charge in [0.15, 0.2) is 5.82 Å². The monoisotopic (exact) mass is 293 g/mol.